The molecule has 24 heavy (non-hydrogen) atoms. The van der Waals surface area contributed by atoms with Gasteiger partial charge in [-0.25, -0.2) is 4.98 Å². The third-order valence-corrected chi connectivity index (χ3v) is 3.65. The van der Waals surface area contributed by atoms with Crippen molar-refractivity contribution >= 4 is 23.2 Å². The minimum atomic E-state index is -0.192. The van der Waals surface area contributed by atoms with Crippen molar-refractivity contribution in [3.8, 4) is 0 Å². The van der Waals surface area contributed by atoms with Crippen molar-refractivity contribution in [1.82, 2.24) is 20.5 Å². The van der Waals surface area contributed by atoms with E-state index in [0.717, 1.165) is 5.56 Å². The average Bonchev–Trinajstić information content (AvgIpc) is 3.01. The summed E-state index contributed by atoms with van der Waals surface area (Å²) in [5.41, 5.74) is 7.79. The molecule has 3 rings (SSSR count). The summed E-state index contributed by atoms with van der Waals surface area (Å²) >= 11 is 5.96. The Balaban J connectivity index is 1.58. The van der Waals surface area contributed by atoms with Gasteiger partial charge in [-0.2, -0.15) is 5.10 Å². The number of hydrogen-bond acceptors (Lipinski definition) is 4. The second kappa shape index (κ2) is 7.14. The number of carbonyl (C=O) groups is 1. The van der Waals surface area contributed by atoms with Gasteiger partial charge in [0.25, 0.3) is 5.91 Å². The Morgan fingerprint density at radius 1 is 1.21 bits per heavy atom. The van der Waals surface area contributed by atoms with Crippen LogP contribution in [0.3, 0.4) is 0 Å². The number of carbonyl (C=O) groups excluding carboxylic acids is 1. The van der Waals surface area contributed by atoms with Crippen molar-refractivity contribution in [2.24, 2.45) is 0 Å². The number of amides is 1. The summed E-state index contributed by atoms with van der Waals surface area (Å²) in [6, 6.07) is 14.3. The van der Waals surface area contributed by atoms with Crippen LogP contribution in [0.15, 0.2) is 48.5 Å². The van der Waals surface area contributed by atoms with E-state index in [2.05, 4.69) is 20.5 Å². The second-order valence-corrected chi connectivity index (χ2v) is 5.75. The third kappa shape index (κ3) is 4.11. The number of hydrogen-bond donors (Lipinski definition) is 3. The summed E-state index contributed by atoms with van der Waals surface area (Å²) in [6.45, 7) is 0.270. The Kier molecular flexibility index (Phi) is 4.77. The molecule has 3 aromatic rings. The molecular formula is C17H16ClN5O. The van der Waals surface area contributed by atoms with Gasteiger partial charge in [-0.3, -0.25) is 9.89 Å². The number of nitrogens with zero attached hydrogens (tertiary/aromatic N) is 2. The third-order valence-electron chi connectivity index (χ3n) is 3.42. The normalized spacial score (nSPS) is 10.5. The van der Waals surface area contributed by atoms with Gasteiger partial charge in [0.05, 0.1) is 6.54 Å². The maximum absolute atomic E-state index is 12.0. The van der Waals surface area contributed by atoms with Crippen molar-refractivity contribution in [3.05, 3.63) is 76.3 Å². The van der Waals surface area contributed by atoms with E-state index in [-0.39, 0.29) is 12.5 Å². The molecule has 0 radical (unpaired) electrons. The highest BCUT2D eigenvalue weighted by Gasteiger charge is 2.08. The standard InChI is InChI=1S/C17H16ClN5O/c18-13-3-1-2-11(8-13)9-15-21-16(23-22-15)10-20-17(24)12-4-6-14(19)7-5-12/h1-8H,9-10,19H2,(H,20,24)(H,21,22,23). The first kappa shape index (κ1) is 16.0. The summed E-state index contributed by atoms with van der Waals surface area (Å²) in [5, 5.41) is 10.5. The van der Waals surface area contributed by atoms with Crippen molar-refractivity contribution < 1.29 is 4.79 Å². The zero-order valence-corrected chi connectivity index (χ0v) is 13.5. The van der Waals surface area contributed by atoms with Crippen LogP contribution >= 0.6 is 11.6 Å². The Morgan fingerprint density at radius 3 is 2.75 bits per heavy atom. The van der Waals surface area contributed by atoms with E-state index < -0.39 is 0 Å². The predicted molar refractivity (Wildman–Crippen MR) is 92.7 cm³/mol. The molecule has 0 bridgehead atoms. The SMILES string of the molecule is Nc1ccc(C(=O)NCc2nc(Cc3cccc(Cl)c3)n[nH]2)cc1. The number of halogens is 1. The minimum absolute atomic E-state index is 0.192. The molecule has 0 saturated carbocycles. The fourth-order valence-electron chi connectivity index (χ4n) is 2.22. The van der Waals surface area contributed by atoms with Gasteiger partial charge in [0.2, 0.25) is 0 Å². The van der Waals surface area contributed by atoms with Gasteiger partial charge < -0.3 is 11.1 Å². The molecule has 122 valence electrons. The molecule has 0 aliphatic carbocycles. The van der Waals surface area contributed by atoms with Crippen LogP contribution in [0.2, 0.25) is 5.02 Å². The molecule has 6 nitrogen and oxygen atoms in total. The Morgan fingerprint density at radius 2 is 2.00 bits per heavy atom. The number of H-pyrrole nitrogens is 1. The van der Waals surface area contributed by atoms with Crippen molar-refractivity contribution in [3.63, 3.8) is 0 Å². The highest BCUT2D eigenvalue weighted by atomic mass is 35.5. The van der Waals surface area contributed by atoms with Crippen LogP contribution in [0, 0.1) is 0 Å². The van der Waals surface area contributed by atoms with Crippen molar-refractivity contribution in [2.75, 3.05) is 5.73 Å². The van der Waals surface area contributed by atoms with Crippen LogP contribution < -0.4 is 11.1 Å². The van der Waals surface area contributed by atoms with E-state index >= 15 is 0 Å². The molecule has 0 spiro atoms. The number of aromatic nitrogens is 3. The Hall–Kier alpha value is -2.86. The van der Waals surface area contributed by atoms with Gasteiger partial charge in [-0.15, -0.1) is 0 Å². The lowest BCUT2D eigenvalue weighted by Crippen LogP contribution is -2.23. The van der Waals surface area contributed by atoms with E-state index in [0.29, 0.717) is 34.3 Å². The second-order valence-electron chi connectivity index (χ2n) is 5.31. The minimum Gasteiger partial charge on any atom is -0.399 e. The van der Waals surface area contributed by atoms with Crippen LogP contribution in [0.25, 0.3) is 0 Å². The lowest BCUT2D eigenvalue weighted by atomic mass is 10.1. The number of rotatable bonds is 5. The smallest absolute Gasteiger partial charge is 0.251 e. The lowest BCUT2D eigenvalue weighted by Gasteiger charge is -2.03. The maximum atomic E-state index is 12.0. The zero-order valence-electron chi connectivity index (χ0n) is 12.8. The van der Waals surface area contributed by atoms with Gasteiger partial charge in [0, 0.05) is 22.7 Å². The van der Waals surface area contributed by atoms with Crippen molar-refractivity contribution in [2.45, 2.75) is 13.0 Å². The first-order chi connectivity index (χ1) is 11.6. The van der Waals surface area contributed by atoms with E-state index in [9.17, 15) is 4.79 Å². The van der Waals surface area contributed by atoms with Gasteiger partial charge in [-0.05, 0) is 42.0 Å². The van der Waals surface area contributed by atoms with Crippen LogP contribution in [0.4, 0.5) is 5.69 Å². The molecule has 1 heterocycles. The topological polar surface area (TPSA) is 96.7 Å². The van der Waals surface area contributed by atoms with Gasteiger partial charge >= 0.3 is 0 Å². The number of nitrogens with two attached hydrogens (primary N) is 1. The van der Waals surface area contributed by atoms with Crippen LogP contribution in [-0.4, -0.2) is 21.1 Å². The quantitative estimate of drug-likeness (QED) is 0.621. The summed E-state index contributed by atoms with van der Waals surface area (Å²) in [5.74, 6) is 1.05. The molecule has 0 unspecified atom stereocenters. The van der Waals surface area contributed by atoms with Crippen LogP contribution in [-0.2, 0) is 13.0 Å². The monoisotopic (exact) mass is 341 g/mol. The van der Waals surface area contributed by atoms with E-state index in [1.165, 1.54) is 0 Å². The van der Waals surface area contributed by atoms with Gasteiger partial charge in [0.15, 0.2) is 5.82 Å². The fourth-order valence-corrected chi connectivity index (χ4v) is 2.44. The largest absolute Gasteiger partial charge is 0.399 e. The van der Waals surface area contributed by atoms with Gasteiger partial charge in [0.1, 0.15) is 5.82 Å². The van der Waals surface area contributed by atoms with Crippen molar-refractivity contribution in [1.29, 1.82) is 0 Å². The molecule has 2 aromatic carbocycles. The zero-order chi connectivity index (χ0) is 16.9. The van der Waals surface area contributed by atoms with E-state index in [1.54, 1.807) is 24.3 Å². The van der Waals surface area contributed by atoms with Gasteiger partial charge in [-0.1, -0.05) is 23.7 Å². The first-order valence-corrected chi connectivity index (χ1v) is 7.76. The molecule has 1 amide bonds. The first-order valence-electron chi connectivity index (χ1n) is 7.38. The number of anilines is 1. The predicted octanol–water partition coefficient (Wildman–Crippen LogP) is 2.56. The highest BCUT2D eigenvalue weighted by molar-refractivity contribution is 6.30. The summed E-state index contributed by atoms with van der Waals surface area (Å²) in [7, 11) is 0. The highest BCUT2D eigenvalue weighted by Crippen LogP contribution is 2.13. The molecule has 1 aromatic heterocycles. The van der Waals surface area contributed by atoms with Crippen LogP contribution in [0.1, 0.15) is 27.6 Å². The molecular weight excluding hydrogens is 326 g/mol. The number of aromatic amines is 1. The fraction of sp³-hybridized carbons (Fsp3) is 0.118. The Bertz CT molecular complexity index is 844. The van der Waals surface area contributed by atoms with E-state index in [1.807, 2.05) is 24.3 Å². The summed E-state index contributed by atoms with van der Waals surface area (Å²) in [6.07, 6.45) is 0.572. The summed E-state index contributed by atoms with van der Waals surface area (Å²) < 4.78 is 0. The molecule has 7 heteroatoms. The molecule has 0 aliphatic rings. The Labute approximate surface area is 144 Å². The molecule has 0 aliphatic heterocycles. The number of nitrogens with one attached hydrogen (secondary N) is 2. The molecule has 0 saturated heterocycles. The summed E-state index contributed by atoms with van der Waals surface area (Å²) in [4.78, 5) is 16.4. The number of benzene rings is 2. The maximum Gasteiger partial charge on any atom is 0.251 e. The number of nitrogen functional groups attached to an aromatic ring is 1. The van der Waals surface area contributed by atoms with Crippen LogP contribution in [0.5, 0.6) is 0 Å². The molecule has 4 N–H and O–H groups in total. The molecule has 0 fully saturated rings. The molecule has 0 atom stereocenters. The van der Waals surface area contributed by atoms with E-state index in [4.69, 9.17) is 17.3 Å². The lowest BCUT2D eigenvalue weighted by molar-refractivity contribution is 0.0950. The average molecular weight is 342 g/mol.